The van der Waals surface area contributed by atoms with Crippen molar-refractivity contribution in [3.05, 3.63) is 0 Å². The largest absolute Gasteiger partial charge is 0.384 e. The fourth-order valence-electron chi connectivity index (χ4n) is 2.07. The van der Waals surface area contributed by atoms with Crippen molar-refractivity contribution in [2.45, 2.75) is 19.3 Å². The van der Waals surface area contributed by atoms with Crippen LogP contribution in [0, 0.1) is 5.92 Å². The van der Waals surface area contributed by atoms with Crippen molar-refractivity contribution in [3.8, 4) is 0 Å². The van der Waals surface area contributed by atoms with Gasteiger partial charge in [-0.15, -0.1) is 12.4 Å². The molecule has 0 bridgehead atoms. The maximum atomic E-state index is 11.9. The second-order valence-electron chi connectivity index (χ2n) is 4.25. The number of ether oxygens (including phenoxy) is 1. The van der Waals surface area contributed by atoms with Gasteiger partial charge >= 0.3 is 0 Å². The van der Waals surface area contributed by atoms with E-state index < -0.39 is 10.0 Å². The van der Waals surface area contributed by atoms with Crippen LogP contribution in [0.2, 0.25) is 0 Å². The molecule has 0 aromatic carbocycles. The summed E-state index contributed by atoms with van der Waals surface area (Å²) in [4.78, 5) is 0. The molecule has 1 heterocycles. The highest BCUT2D eigenvalue weighted by Gasteiger charge is 2.27. The number of methoxy groups -OCH3 is 1. The predicted octanol–water partition coefficient (Wildman–Crippen LogP) is 0.445. The second kappa shape index (κ2) is 8.26. The Hall–Kier alpha value is 0.120. The molecule has 2 N–H and O–H groups in total. The molecule has 104 valence electrons. The van der Waals surface area contributed by atoms with Gasteiger partial charge in [-0.3, -0.25) is 0 Å². The molecule has 0 amide bonds. The molecule has 0 aromatic heterocycles. The zero-order valence-corrected chi connectivity index (χ0v) is 11.9. The van der Waals surface area contributed by atoms with Crippen molar-refractivity contribution in [2.75, 3.05) is 39.1 Å². The van der Waals surface area contributed by atoms with Gasteiger partial charge in [-0.2, -0.15) is 0 Å². The summed E-state index contributed by atoms with van der Waals surface area (Å²) in [5.74, 6) is 0.509. The van der Waals surface area contributed by atoms with Crippen molar-refractivity contribution in [1.82, 2.24) is 4.31 Å². The van der Waals surface area contributed by atoms with Crippen LogP contribution in [0.25, 0.3) is 0 Å². The Balaban J connectivity index is 0.00000256. The van der Waals surface area contributed by atoms with Gasteiger partial charge in [0.05, 0.1) is 12.4 Å². The number of nitrogens with two attached hydrogens (primary N) is 1. The van der Waals surface area contributed by atoms with E-state index in [4.69, 9.17) is 10.5 Å². The molecule has 7 heteroatoms. The minimum Gasteiger partial charge on any atom is -0.384 e. The molecule has 1 unspecified atom stereocenters. The van der Waals surface area contributed by atoms with E-state index >= 15 is 0 Å². The van der Waals surface area contributed by atoms with Gasteiger partial charge in [0.15, 0.2) is 0 Å². The van der Waals surface area contributed by atoms with E-state index in [2.05, 4.69) is 0 Å². The van der Waals surface area contributed by atoms with E-state index in [1.165, 1.54) is 7.11 Å². The zero-order valence-electron chi connectivity index (χ0n) is 10.3. The molecular weight excluding hydrogens is 264 g/mol. The van der Waals surface area contributed by atoms with Crippen molar-refractivity contribution in [1.29, 1.82) is 0 Å². The fourth-order valence-corrected chi connectivity index (χ4v) is 3.55. The van der Waals surface area contributed by atoms with Crippen LogP contribution >= 0.6 is 12.4 Å². The van der Waals surface area contributed by atoms with Crippen molar-refractivity contribution < 1.29 is 13.2 Å². The van der Waals surface area contributed by atoms with Crippen LogP contribution in [0.4, 0.5) is 0 Å². The predicted molar refractivity (Wildman–Crippen MR) is 70.9 cm³/mol. The standard InChI is InChI=1S/C10H22N2O3S.ClH/c1-15-7-8-16(13,14)12-6-2-3-10(9-12)4-5-11;/h10H,2-9,11H2,1H3;1H. The van der Waals surface area contributed by atoms with Crippen LogP contribution in [0.5, 0.6) is 0 Å². The van der Waals surface area contributed by atoms with E-state index in [-0.39, 0.29) is 24.8 Å². The zero-order chi connectivity index (χ0) is 12.0. The summed E-state index contributed by atoms with van der Waals surface area (Å²) in [7, 11) is -1.61. The summed E-state index contributed by atoms with van der Waals surface area (Å²) in [6.07, 6.45) is 2.95. The second-order valence-corrected chi connectivity index (χ2v) is 6.34. The molecule has 1 rings (SSSR count). The van der Waals surface area contributed by atoms with Crippen LogP contribution < -0.4 is 5.73 Å². The van der Waals surface area contributed by atoms with Gasteiger partial charge in [-0.1, -0.05) is 0 Å². The maximum absolute atomic E-state index is 11.9. The van der Waals surface area contributed by atoms with Gasteiger partial charge in [-0.05, 0) is 31.7 Å². The summed E-state index contributed by atoms with van der Waals surface area (Å²) >= 11 is 0. The van der Waals surface area contributed by atoms with E-state index in [1.807, 2.05) is 0 Å². The first-order chi connectivity index (χ1) is 7.60. The summed E-state index contributed by atoms with van der Waals surface area (Å²) in [5.41, 5.74) is 5.51. The van der Waals surface area contributed by atoms with Crippen LogP contribution in [-0.4, -0.2) is 51.8 Å². The fraction of sp³-hybridized carbons (Fsp3) is 1.00. The number of rotatable bonds is 6. The van der Waals surface area contributed by atoms with E-state index in [9.17, 15) is 8.42 Å². The molecule has 0 aromatic rings. The van der Waals surface area contributed by atoms with Crippen molar-refractivity contribution in [2.24, 2.45) is 11.7 Å². The lowest BCUT2D eigenvalue weighted by atomic mass is 9.96. The molecule has 1 atom stereocenters. The molecule has 1 saturated heterocycles. The minimum absolute atomic E-state index is 0. The smallest absolute Gasteiger partial charge is 0.216 e. The minimum atomic E-state index is -3.13. The SMILES string of the molecule is COCCS(=O)(=O)N1CCCC(CCN)C1.Cl. The lowest BCUT2D eigenvalue weighted by Gasteiger charge is -2.31. The lowest BCUT2D eigenvalue weighted by molar-refractivity contribution is 0.212. The Bertz CT molecular complexity index is 296. The quantitative estimate of drug-likeness (QED) is 0.769. The Morgan fingerprint density at radius 1 is 1.47 bits per heavy atom. The Morgan fingerprint density at radius 2 is 2.18 bits per heavy atom. The van der Waals surface area contributed by atoms with Gasteiger partial charge in [0.25, 0.3) is 0 Å². The highest BCUT2D eigenvalue weighted by atomic mass is 35.5. The van der Waals surface area contributed by atoms with Gasteiger partial charge in [0.2, 0.25) is 10.0 Å². The summed E-state index contributed by atoms with van der Waals surface area (Å²) in [6, 6.07) is 0. The number of hydrogen-bond acceptors (Lipinski definition) is 4. The monoisotopic (exact) mass is 286 g/mol. The van der Waals surface area contributed by atoms with Crippen LogP contribution in [0.1, 0.15) is 19.3 Å². The van der Waals surface area contributed by atoms with E-state index in [0.717, 1.165) is 19.3 Å². The number of halogens is 1. The Kier molecular flexibility index (Phi) is 8.32. The first-order valence-electron chi connectivity index (χ1n) is 5.77. The normalized spacial score (nSPS) is 22.1. The summed E-state index contributed by atoms with van der Waals surface area (Å²) < 4.78 is 30.2. The van der Waals surface area contributed by atoms with Crippen LogP contribution in [-0.2, 0) is 14.8 Å². The summed E-state index contributed by atoms with van der Waals surface area (Å²) in [6.45, 7) is 2.17. The number of piperidine rings is 1. The maximum Gasteiger partial charge on any atom is 0.216 e. The highest BCUT2D eigenvalue weighted by molar-refractivity contribution is 7.89. The molecule has 1 aliphatic heterocycles. The van der Waals surface area contributed by atoms with Gasteiger partial charge in [-0.25, -0.2) is 12.7 Å². The Morgan fingerprint density at radius 3 is 2.76 bits per heavy atom. The molecule has 0 aliphatic carbocycles. The first-order valence-corrected chi connectivity index (χ1v) is 7.38. The van der Waals surface area contributed by atoms with Crippen LogP contribution in [0.15, 0.2) is 0 Å². The third-order valence-electron chi connectivity index (χ3n) is 3.00. The number of nitrogens with zero attached hydrogens (tertiary/aromatic N) is 1. The third-order valence-corrected chi connectivity index (χ3v) is 4.80. The van der Waals surface area contributed by atoms with Crippen molar-refractivity contribution in [3.63, 3.8) is 0 Å². The highest BCUT2D eigenvalue weighted by Crippen LogP contribution is 2.21. The topological polar surface area (TPSA) is 72.6 Å². The summed E-state index contributed by atoms with van der Waals surface area (Å²) in [5, 5.41) is 0. The molecule has 1 fully saturated rings. The molecule has 5 nitrogen and oxygen atoms in total. The third kappa shape index (κ3) is 5.52. The molecular formula is C10H23ClN2O3S. The number of hydrogen-bond donors (Lipinski definition) is 1. The van der Waals surface area contributed by atoms with Crippen molar-refractivity contribution >= 4 is 22.4 Å². The lowest BCUT2D eigenvalue weighted by Crippen LogP contribution is -2.42. The van der Waals surface area contributed by atoms with Gasteiger partial charge < -0.3 is 10.5 Å². The molecule has 1 aliphatic rings. The molecule has 0 spiro atoms. The van der Waals surface area contributed by atoms with E-state index in [0.29, 0.717) is 25.6 Å². The van der Waals surface area contributed by atoms with Crippen LogP contribution in [0.3, 0.4) is 0 Å². The molecule has 0 radical (unpaired) electrons. The first kappa shape index (κ1) is 17.1. The molecule has 0 saturated carbocycles. The van der Waals surface area contributed by atoms with E-state index in [1.54, 1.807) is 4.31 Å². The number of sulfonamides is 1. The molecule has 17 heavy (non-hydrogen) atoms. The van der Waals surface area contributed by atoms with Gasteiger partial charge in [0.1, 0.15) is 0 Å². The van der Waals surface area contributed by atoms with Gasteiger partial charge in [0, 0.05) is 20.2 Å². The Labute approximate surface area is 110 Å². The average Bonchev–Trinajstić information content (AvgIpc) is 2.27. The average molecular weight is 287 g/mol.